The second-order valence-electron chi connectivity index (χ2n) is 7.03. The van der Waals surface area contributed by atoms with Gasteiger partial charge < -0.3 is 10.1 Å². The molecular weight excluding hydrogens is 258 g/mol. The van der Waals surface area contributed by atoms with Crippen LogP contribution in [0.4, 0.5) is 0 Å². The second kappa shape index (κ2) is 6.83. The van der Waals surface area contributed by atoms with Gasteiger partial charge in [0, 0.05) is 6.04 Å². The van der Waals surface area contributed by atoms with E-state index in [1.54, 1.807) is 0 Å². The van der Waals surface area contributed by atoms with Gasteiger partial charge in [-0.15, -0.1) is 0 Å². The largest absolute Gasteiger partial charge is 0.493 e. The normalized spacial score (nSPS) is 30.3. The molecule has 2 heteroatoms. The molecular formula is C19H29NO. The summed E-state index contributed by atoms with van der Waals surface area (Å²) in [6.07, 6.45) is 8.06. The quantitative estimate of drug-likeness (QED) is 0.888. The molecule has 0 bridgehead atoms. The lowest BCUT2D eigenvalue weighted by atomic mass is 9.75. The fourth-order valence-electron chi connectivity index (χ4n) is 4.36. The fourth-order valence-corrected chi connectivity index (χ4v) is 4.36. The van der Waals surface area contributed by atoms with Crippen LogP contribution in [0.1, 0.15) is 56.9 Å². The van der Waals surface area contributed by atoms with Crippen LogP contribution in [0.15, 0.2) is 24.3 Å². The lowest BCUT2D eigenvalue weighted by molar-refractivity contribution is 0.199. The van der Waals surface area contributed by atoms with Gasteiger partial charge in [-0.05, 0) is 62.1 Å². The van der Waals surface area contributed by atoms with E-state index in [-0.39, 0.29) is 0 Å². The first-order valence-electron chi connectivity index (χ1n) is 8.67. The summed E-state index contributed by atoms with van der Waals surface area (Å²) in [6, 6.07) is 9.27. The predicted molar refractivity (Wildman–Crippen MR) is 87.9 cm³/mol. The molecule has 1 aromatic rings. The standard InChI is InChI=1S/C19H29NO/c1-14-6-5-7-16(12-14)18(20-2)13-15-10-11-21-19-9-4-3-8-17(15)19/h3-4,8-9,14-16,18,20H,5-7,10-13H2,1-2H3. The van der Waals surface area contributed by atoms with E-state index in [9.17, 15) is 0 Å². The van der Waals surface area contributed by atoms with E-state index in [1.807, 2.05) is 0 Å². The van der Waals surface area contributed by atoms with Crippen molar-refractivity contribution in [1.82, 2.24) is 5.32 Å². The van der Waals surface area contributed by atoms with Crippen LogP contribution in [0.25, 0.3) is 0 Å². The molecule has 1 N–H and O–H groups in total. The highest BCUT2D eigenvalue weighted by Crippen LogP contribution is 2.39. The van der Waals surface area contributed by atoms with Crippen molar-refractivity contribution < 1.29 is 4.74 Å². The van der Waals surface area contributed by atoms with Crippen LogP contribution in [0.3, 0.4) is 0 Å². The third kappa shape index (κ3) is 3.42. The van der Waals surface area contributed by atoms with Gasteiger partial charge in [0.25, 0.3) is 0 Å². The number of rotatable bonds is 4. The molecule has 0 aromatic heterocycles. The summed E-state index contributed by atoms with van der Waals surface area (Å²) in [5, 5.41) is 3.63. The molecule has 2 nitrogen and oxygen atoms in total. The molecule has 0 saturated heterocycles. The molecule has 1 heterocycles. The van der Waals surface area contributed by atoms with Crippen molar-refractivity contribution in [3.05, 3.63) is 29.8 Å². The second-order valence-corrected chi connectivity index (χ2v) is 7.03. The molecule has 4 unspecified atom stereocenters. The Morgan fingerprint density at radius 2 is 2.10 bits per heavy atom. The third-order valence-corrected chi connectivity index (χ3v) is 5.54. The summed E-state index contributed by atoms with van der Waals surface area (Å²) >= 11 is 0. The Morgan fingerprint density at radius 3 is 2.90 bits per heavy atom. The summed E-state index contributed by atoms with van der Waals surface area (Å²) in [4.78, 5) is 0. The first-order valence-corrected chi connectivity index (χ1v) is 8.67. The minimum Gasteiger partial charge on any atom is -0.493 e. The summed E-state index contributed by atoms with van der Waals surface area (Å²) in [5.41, 5.74) is 1.42. The monoisotopic (exact) mass is 287 g/mol. The summed E-state index contributed by atoms with van der Waals surface area (Å²) in [6.45, 7) is 3.29. The molecule has 21 heavy (non-hydrogen) atoms. The Morgan fingerprint density at radius 1 is 1.24 bits per heavy atom. The number of hydrogen-bond donors (Lipinski definition) is 1. The van der Waals surface area contributed by atoms with Crippen LogP contribution in [0, 0.1) is 11.8 Å². The Labute approximate surface area is 129 Å². The van der Waals surface area contributed by atoms with Crippen LogP contribution in [0.2, 0.25) is 0 Å². The van der Waals surface area contributed by atoms with E-state index in [1.165, 1.54) is 37.7 Å². The maximum absolute atomic E-state index is 5.81. The third-order valence-electron chi connectivity index (χ3n) is 5.54. The van der Waals surface area contributed by atoms with E-state index < -0.39 is 0 Å². The van der Waals surface area contributed by atoms with Gasteiger partial charge in [-0.3, -0.25) is 0 Å². The number of benzene rings is 1. The number of hydrogen-bond acceptors (Lipinski definition) is 2. The van der Waals surface area contributed by atoms with Crippen LogP contribution < -0.4 is 10.1 Å². The molecule has 1 saturated carbocycles. The highest BCUT2D eigenvalue weighted by atomic mass is 16.5. The number of nitrogens with one attached hydrogen (secondary N) is 1. The number of ether oxygens (including phenoxy) is 1. The molecule has 1 aromatic carbocycles. The minimum absolute atomic E-state index is 0.656. The van der Waals surface area contributed by atoms with Crippen molar-refractivity contribution in [3.63, 3.8) is 0 Å². The lowest BCUT2D eigenvalue weighted by Crippen LogP contribution is -2.38. The van der Waals surface area contributed by atoms with Gasteiger partial charge in [-0.2, -0.15) is 0 Å². The Balaban J connectivity index is 1.70. The van der Waals surface area contributed by atoms with E-state index >= 15 is 0 Å². The van der Waals surface area contributed by atoms with Crippen molar-refractivity contribution in [2.75, 3.05) is 13.7 Å². The van der Waals surface area contributed by atoms with Gasteiger partial charge >= 0.3 is 0 Å². The average molecular weight is 287 g/mol. The molecule has 116 valence electrons. The van der Waals surface area contributed by atoms with Crippen molar-refractivity contribution in [2.45, 2.75) is 57.4 Å². The topological polar surface area (TPSA) is 21.3 Å². The van der Waals surface area contributed by atoms with Crippen molar-refractivity contribution >= 4 is 0 Å². The average Bonchev–Trinajstić information content (AvgIpc) is 2.52. The van der Waals surface area contributed by atoms with Crippen molar-refractivity contribution in [1.29, 1.82) is 0 Å². The van der Waals surface area contributed by atoms with Crippen LogP contribution >= 0.6 is 0 Å². The highest BCUT2D eigenvalue weighted by molar-refractivity contribution is 5.37. The van der Waals surface area contributed by atoms with E-state index in [2.05, 4.69) is 43.6 Å². The van der Waals surface area contributed by atoms with Crippen LogP contribution in [-0.2, 0) is 0 Å². The first-order chi connectivity index (χ1) is 10.3. The van der Waals surface area contributed by atoms with Gasteiger partial charge in [0.15, 0.2) is 0 Å². The SMILES string of the molecule is CNC(CC1CCOc2ccccc21)C1CCCC(C)C1. The van der Waals surface area contributed by atoms with Gasteiger partial charge in [0.2, 0.25) is 0 Å². The fraction of sp³-hybridized carbons (Fsp3) is 0.684. The Hall–Kier alpha value is -1.02. The molecule has 0 spiro atoms. The summed E-state index contributed by atoms with van der Waals surface area (Å²) in [5.74, 6) is 3.53. The van der Waals surface area contributed by atoms with Crippen molar-refractivity contribution in [3.8, 4) is 5.75 Å². The van der Waals surface area contributed by atoms with Gasteiger partial charge in [-0.1, -0.05) is 38.0 Å². The zero-order valence-electron chi connectivity index (χ0n) is 13.5. The van der Waals surface area contributed by atoms with E-state index in [4.69, 9.17) is 4.74 Å². The Kier molecular flexibility index (Phi) is 4.84. The number of fused-ring (bicyclic) bond motifs is 1. The highest BCUT2D eigenvalue weighted by Gasteiger charge is 2.30. The lowest BCUT2D eigenvalue weighted by Gasteiger charge is -2.36. The molecule has 0 amide bonds. The smallest absolute Gasteiger partial charge is 0.122 e. The van der Waals surface area contributed by atoms with Crippen LogP contribution in [-0.4, -0.2) is 19.7 Å². The molecule has 1 aliphatic heterocycles. The molecule has 2 aliphatic rings. The minimum atomic E-state index is 0.656. The van der Waals surface area contributed by atoms with E-state index in [0.717, 1.165) is 30.6 Å². The zero-order chi connectivity index (χ0) is 14.7. The molecule has 1 fully saturated rings. The summed E-state index contributed by atoms with van der Waals surface area (Å²) in [7, 11) is 2.15. The Bertz CT molecular complexity index is 459. The van der Waals surface area contributed by atoms with Crippen LogP contribution in [0.5, 0.6) is 5.75 Å². The number of para-hydroxylation sites is 1. The zero-order valence-corrected chi connectivity index (χ0v) is 13.5. The molecule has 0 radical (unpaired) electrons. The maximum Gasteiger partial charge on any atom is 0.122 e. The van der Waals surface area contributed by atoms with Crippen molar-refractivity contribution in [2.24, 2.45) is 11.8 Å². The molecule has 1 aliphatic carbocycles. The summed E-state index contributed by atoms with van der Waals surface area (Å²) < 4.78 is 5.81. The predicted octanol–water partition coefficient (Wildman–Crippen LogP) is 4.36. The molecule has 4 atom stereocenters. The van der Waals surface area contributed by atoms with Gasteiger partial charge in [0.1, 0.15) is 5.75 Å². The van der Waals surface area contributed by atoms with Gasteiger partial charge in [-0.25, -0.2) is 0 Å². The molecule has 3 rings (SSSR count). The maximum atomic E-state index is 5.81. The van der Waals surface area contributed by atoms with E-state index in [0.29, 0.717) is 12.0 Å². The van der Waals surface area contributed by atoms with Gasteiger partial charge in [0.05, 0.1) is 6.61 Å². The first kappa shape index (κ1) is 14.9.